The summed E-state index contributed by atoms with van der Waals surface area (Å²) >= 11 is 0. The van der Waals surface area contributed by atoms with Gasteiger partial charge in [-0.1, -0.05) is 78.9 Å². The van der Waals surface area contributed by atoms with Crippen LogP contribution in [-0.2, 0) is 0 Å². The van der Waals surface area contributed by atoms with E-state index in [1.165, 1.54) is 54.6 Å². The Morgan fingerprint density at radius 1 is 0.500 bits per heavy atom. The van der Waals surface area contributed by atoms with Crippen molar-refractivity contribution in [1.29, 1.82) is 0 Å². The van der Waals surface area contributed by atoms with Crippen molar-refractivity contribution in [1.82, 2.24) is 14.1 Å². The lowest BCUT2D eigenvalue weighted by molar-refractivity contribution is 1.12. The maximum Gasteiger partial charge on any atom is 0.0718 e. The molecular weight excluding hydrogens is 438 g/mol. The number of fused-ring (bicyclic) bond motifs is 8. The van der Waals surface area contributed by atoms with Gasteiger partial charge in [-0.05, 0) is 35.7 Å². The van der Waals surface area contributed by atoms with Gasteiger partial charge in [0.1, 0.15) is 0 Å². The number of benzene rings is 5. The fourth-order valence-electron chi connectivity index (χ4n) is 5.84. The van der Waals surface area contributed by atoms with Gasteiger partial charge in [0.2, 0.25) is 0 Å². The molecule has 3 aromatic heterocycles. The molecule has 0 aliphatic heterocycles. The van der Waals surface area contributed by atoms with E-state index in [1.807, 2.05) is 12.4 Å². The molecule has 0 unspecified atom stereocenters. The summed E-state index contributed by atoms with van der Waals surface area (Å²) in [7, 11) is 0. The Hall–Kier alpha value is -4.89. The van der Waals surface area contributed by atoms with E-state index in [-0.39, 0.29) is 0 Å². The summed E-state index contributed by atoms with van der Waals surface area (Å²) in [6.07, 6.45) is 6.08. The topological polar surface area (TPSA) is 22.8 Å². The quantitative estimate of drug-likeness (QED) is 0.254. The smallest absolute Gasteiger partial charge is 0.0718 e. The lowest BCUT2D eigenvalue weighted by Gasteiger charge is -2.12. The lowest BCUT2D eigenvalue weighted by atomic mass is 10.0. The Morgan fingerprint density at radius 3 is 2.19 bits per heavy atom. The SMILES string of the molecule is c1ccc(-n2c3ccccc3c3ccc4ccc5c(ccn5-c5cncc6ccccc56)c4c32)cc1. The summed E-state index contributed by atoms with van der Waals surface area (Å²) in [6.45, 7) is 0. The Bertz CT molecular complexity index is 2090. The largest absolute Gasteiger partial charge is 0.314 e. The highest BCUT2D eigenvalue weighted by atomic mass is 15.0. The minimum Gasteiger partial charge on any atom is -0.314 e. The third kappa shape index (κ3) is 2.60. The predicted molar refractivity (Wildman–Crippen MR) is 150 cm³/mol. The van der Waals surface area contributed by atoms with Gasteiger partial charge in [0.15, 0.2) is 0 Å². The number of hydrogen-bond acceptors (Lipinski definition) is 1. The molecule has 0 bridgehead atoms. The number of aromatic nitrogens is 3. The van der Waals surface area contributed by atoms with Gasteiger partial charge in [-0.25, -0.2) is 0 Å². The zero-order valence-corrected chi connectivity index (χ0v) is 19.5. The van der Waals surface area contributed by atoms with Crippen molar-refractivity contribution in [3.05, 3.63) is 128 Å². The van der Waals surface area contributed by atoms with Gasteiger partial charge < -0.3 is 9.13 Å². The van der Waals surface area contributed by atoms with E-state index in [4.69, 9.17) is 0 Å². The Kier molecular flexibility index (Phi) is 3.94. The van der Waals surface area contributed by atoms with Crippen molar-refractivity contribution in [3.8, 4) is 11.4 Å². The minimum absolute atomic E-state index is 1.10. The zero-order chi connectivity index (χ0) is 23.6. The maximum absolute atomic E-state index is 4.55. The van der Waals surface area contributed by atoms with Crippen LogP contribution in [0.4, 0.5) is 0 Å². The van der Waals surface area contributed by atoms with Gasteiger partial charge >= 0.3 is 0 Å². The maximum atomic E-state index is 4.55. The van der Waals surface area contributed by atoms with Crippen LogP contribution in [0.15, 0.2) is 128 Å². The number of hydrogen-bond donors (Lipinski definition) is 0. The highest BCUT2D eigenvalue weighted by Gasteiger charge is 2.18. The summed E-state index contributed by atoms with van der Waals surface area (Å²) in [5.41, 5.74) is 5.92. The highest BCUT2D eigenvalue weighted by molar-refractivity contribution is 6.25. The second kappa shape index (κ2) is 7.30. The Labute approximate surface area is 207 Å². The van der Waals surface area contributed by atoms with Gasteiger partial charge in [-0.3, -0.25) is 4.98 Å². The van der Waals surface area contributed by atoms with Gasteiger partial charge in [-0.15, -0.1) is 0 Å². The number of nitrogens with zero attached hydrogens (tertiary/aromatic N) is 3. The molecule has 8 aromatic rings. The molecule has 0 aliphatic carbocycles. The van der Waals surface area contributed by atoms with Crippen molar-refractivity contribution >= 4 is 54.3 Å². The fourth-order valence-corrected chi connectivity index (χ4v) is 5.84. The van der Waals surface area contributed by atoms with Crippen LogP contribution in [-0.4, -0.2) is 14.1 Å². The molecule has 0 atom stereocenters. The molecule has 0 spiro atoms. The third-order valence-electron chi connectivity index (χ3n) is 7.41. The third-order valence-corrected chi connectivity index (χ3v) is 7.41. The van der Waals surface area contributed by atoms with E-state index in [9.17, 15) is 0 Å². The van der Waals surface area contributed by atoms with Gasteiger partial charge in [-0.2, -0.15) is 0 Å². The van der Waals surface area contributed by atoms with Crippen molar-refractivity contribution in [2.24, 2.45) is 0 Å². The van der Waals surface area contributed by atoms with Crippen molar-refractivity contribution in [3.63, 3.8) is 0 Å². The van der Waals surface area contributed by atoms with E-state index in [0.717, 1.165) is 11.1 Å². The predicted octanol–water partition coefficient (Wildman–Crippen LogP) is 8.43. The molecule has 168 valence electrons. The molecule has 0 fully saturated rings. The van der Waals surface area contributed by atoms with Crippen LogP contribution in [0.2, 0.25) is 0 Å². The van der Waals surface area contributed by atoms with Crippen molar-refractivity contribution < 1.29 is 0 Å². The molecule has 0 N–H and O–H groups in total. The monoisotopic (exact) mass is 459 g/mol. The highest BCUT2D eigenvalue weighted by Crippen LogP contribution is 2.40. The molecular formula is C33H21N3. The van der Waals surface area contributed by atoms with Crippen LogP contribution in [0, 0.1) is 0 Å². The second-order valence-electron chi connectivity index (χ2n) is 9.31. The van der Waals surface area contributed by atoms with Gasteiger partial charge in [0.05, 0.1) is 28.4 Å². The fraction of sp³-hybridized carbons (Fsp3) is 0. The molecule has 3 heterocycles. The minimum atomic E-state index is 1.10. The first kappa shape index (κ1) is 19.4. The van der Waals surface area contributed by atoms with Crippen molar-refractivity contribution in [2.75, 3.05) is 0 Å². The number of pyridine rings is 1. The molecule has 5 aromatic carbocycles. The first-order chi connectivity index (χ1) is 17.9. The van der Waals surface area contributed by atoms with Gasteiger partial charge in [0.25, 0.3) is 0 Å². The van der Waals surface area contributed by atoms with Crippen molar-refractivity contribution in [2.45, 2.75) is 0 Å². The van der Waals surface area contributed by atoms with E-state index in [1.54, 1.807) is 0 Å². The molecule has 3 heteroatoms. The summed E-state index contributed by atoms with van der Waals surface area (Å²) in [4.78, 5) is 4.55. The number of rotatable bonds is 2. The molecule has 8 rings (SSSR count). The van der Waals surface area contributed by atoms with Crippen LogP contribution < -0.4 is 0 Å². The van der Waals surface area contributed by atoms with E-state index in [2.05, 4.69) is 130 Å². The molecule has 0 radical (unpaired) electrons. The molecule has 0 saturated heterocycles. The Balaban J connectivity index is 1.55. The molecule has 0 aliphatic rings. The van der Waals surface area contributed by atoms with E-state index >= 15 is 0 Å². The zero-order valence-electron chi connectivity index (χ0n) is 19.5. The summed E-state index contributed by atoms with van der Waals surface area (Å²) in [6, 6.07) is 39.1. The van der Waals surface area contributed by atoms with Crippen LogP contribution in [0.3, 0.4) is 0 Å². The average Bonchev–Trinajstić information content (AvgIpc) is 3.52. The molecule has 36 heavy (non-hydrogen) atoms. The first-order valence-corrected chi connectivity index (χ1v) is 12.2. The molecule has 3 nitrogen and oxygen atoms in total. The van der Waals surface area contributed by atoms with Crippen LogP contribution in [0.25, 0.3) is 65.6 Å². The summed E-state index contributed by atoms with van der Waals surface area (Å²) < 4.78 is 4.70. The standard InChI is InChI=1S/C33H21N3/c1-2-9-24(10-3-1)36-30-13-7-6-12-26(30)27-16-14-22-15-17-29-28(32(22)33(27)36)18-19-35(29)31-21-34-20-23-8-4-5-11-25(23)31/h1-21H. The normalized spacial score (nSPS) is 11.9. The van der Waals surface area contributed by atoms with Crippen LogP contribution in [0.1, 0.15) is 0 Å². The molecule has 0 saturated carbocycles. The summed E-state index contributed by atoms with van der Waals surface area (Å²) in [5, 5.41) is 8.64. The first-order valence-electron chi connectivity index (χ1n) is 12.2. The van der Waals surface area contributed by atoms with Crippen LogP contribution in [0.5, 0.6) is 0 Å². The van der Waals surface area contributed by atoms with Gasteiger partial charge in [0, 0.05) is 50.4 Å². The van der Waals surface area contributed by atoms with Crippen LogP contribution >= 0.6 is 0 Å². The second-order valence-corrected chi connectivity index (χ2v) is 9.31. The molecule has 0 amide bonds. The Morgan fingerprint density at radius 2 is 1.28 bits per heavy atom. The van der Waals surface area contributed by atoms with E-state index in [0.29, 0.717) is 0 Å². The number of para-hydroxylation sites is 2. The lowest BCUT2D eigenvalue weighted by Crippen LogP contribution is -1.96. The average molecular weight is 460 g/mol. The summed E-state index contributed by atoms with van der Waals surface area (Å²) in [5.74, 6) is 0. The van der Waals surface area contributed by atoms with E-state index < -0.39 is 0 Å².